The van der Waals surface area contributed by atoms with Crippen LogP contribution in [0.25, 0.3) is 0 Å². The van der Waals surface area contributed by atoms with Gasteiger partial charge in [-0.25, -0.2) is 0 Å². The van der Waals surface area contributed by atoms with Crippen LogP contribution in [0.15, 0.2) is 0 Å². The first-order valence-electron chi connectivity index (χ1n) is 4.66. The minimum absolute atomic E-state index is 0.0248. The van der Waals surface area contributed by atoms with Gasteiger partial charge in [-0.1, -0.05) is 6.92 Å². The number of carbonyl (C=O) groups is 2. The summed E-state index contributed by atoms with van der Waals surface area (Å²) in [6, 6.07) is -0.248. The number of nitrogens with zero attached hydrogens (tertiary/aromatic N) is 2. The molecule has 5 heteroatoms. The summed E-state index contributed by atoms with van der Waals surface area (Å²) in [7, 11) is 3.44. The number of rotatable bonds is 2. The third kappa shape index (κ3) is 2.20. The molecule has 0 bridgehead atoms. The molecule has 14 heavy (non-hydrogen) atoms. The van der Waals surface area contributed by atoms with Gasteiger partial charge in [0, 0.05) is 26.3 Å². The van der Waals surface area contributed by atoms with Crippen LogP contribution in [0.1, 0.15) is 13.3 Å². The van der Waals surface area contributed by atoms with Gasteiger partial charge in [0.25, 0.3) is 0 Å². The minimum Gasteiger partial charge on any atom is -0.347 e. The van der Waals surface area contributed by atoms with Gasteiger partial charge < -0.3 is 9.80 Å². The van der Waals surface area contributed by atoms with Crippen molar-refractivity contribution >= 4 is 23.6 Å². The Labute approximate surface area is 88.6 Å². The summed E-state index contributed by atoms with van der Waals surface area (Å²) in [5, 5.41) is 0. The fraction of sp³-hybridized carbons (Fsp3) is 0.778. The Morgan fingerprint density at radius 3 is 2.64 bits per heavy atom. The Kier molecular flexibility index (Phi) is 3.80. The van der Waals surface area contributed by atoms with Crippen molar-refractivity contribution in [2.75, 3.05) is 25.7 Å². The molecule has 0 N–H and O–H groups in total. The van der Waals surface area contributed by atoms with Crippen molar-refractivity contribution in [3.05, 3.63) is 0 Å². The highest BCUT2D eigenvalue weighted by atomic mass is 32.2. The molecule has 1 atom stereocenters. The van der Waals surface area contributed by atoms with Gasteiger partial charge in [0.1, 0.15) is 6.04 Å². The molecule has 0 aromatic rings. The highest BCUT2D eigenvalue weighted by Crippen LogP contribution is 2.22. The van der Waals surface area contributed by atoms with Crippen LogP contribution in [-0.4, -0.2) is 53.4 Å². The van der Waals surface area contributed by atoms with E-state index in [-0.39, 0.29) is 17.9 Å². The zero-order chi connectivity index (χ0) is 10.7. The number of carbonyl (C=O) groups excluding carboxylic acids is 2. The van der Waals surface area contributed by atoms with Crippen LogP contribution in [0.4, 0.5) is 0 Å². The third-order valence-electron chi connectivity index (χ3n) is 2.23. The first kappa shape index (κ1) is 11.4. The topological polar surface area (TPSA) is 40.6 Å². The quantitative estimate of drug-likeness (QED) is 0.670. The molecular weight excluding hydrogens is 200 g/mol. The van der Waals surface area contributed by atoms with Crippen molar-refractivity contribution < 1.29 is 9.59 Å². The summed E-state index contributed by atoms with van der Waals surface area (Å²) >= 11 is 1.64. The van der Waals surface area contributed by atoms with Crippen molar-refractivity contribution in [1.29, 1.82) is 0 Å². The molecule has 80 valence electrons. The van der Waals surface area contributed by atoms with Crippen molar-refractivity contribution in [2.45, 2.75) is 19.4 Å². The van der Waals surface area contributed by atoms with Crippen molar-refractivity contribution in [2.24, 2.45) is 0 Å². The molecule has 4 nitrogen and oxygen atoms in total. The number of amides is 2. The molecule has 1 heterocycles. The van der Waals surface area contributed by atoms with Crippen molar-refractivity contribution in [3.8, 4) is 0 Å². The highest BCUT2D eigenvalue weighted by Gasteiger charge is 2.34. The molecule has 1 fully saturated rings. The lowest BCUT2D eigenvalue weighted by molar-refractivity contribution is -0.141. The third-order valence-corrected chi connectivity index (χ3v) is 3.24. The molecule has 1 rings (SSSR count). The van der Waals surface area contributed by atoms with Gasteiger partial charge in [0.2, 0.25) is 11.8 Å². The molecule has 0 aliphatic carbocycles. The summed E-state index contributed by atoms with van der Waals surface area (Å²) in [5.41, 5.74) is 0. The second kappa shape index (κ2) is 4.68. The molecule has 0 aromatic heterocycles. The average Bonchev–Trinajstić information content (AvgIpc) is 2.63. The summed E-state index contributed by atoms with van der Waals surface area (Å²) in [6.07, 6.45) is 0.470. The van der Waals surface area contributed by atoms with Crippen LogP contribution in [0.2, 0.25) is 0 Å². The predicted molar refractivity (Wildman–Crippen MR) is 56.9 cm³/mol. The largest absolute Gasteiger partial charge is 0.347 e. The Morgan fingerprint density at radius 2 is 2.14 bits per heavy atom. The molecule has 0 aromatic carbocycles. The Hall–Kier alpha value is -0.710. The fourth-order valence-electron chi connectivity index (χ4n) is 1.39. The van der Waals surface area contributed by atoms with E-state index in [2.05, 4.69) is 0 Å². The van der Waals surface area contributed by atoms with Crippen LogP contribution in [0.3, 0.4) is 0 Å². The second-order valence-corrected chi connectivity index (χ2v) is 4.47. The maximum atomic E-state index is 11.7. The van der Waals surface area contributed by atoms with E-state index in [0.717, 1.165) is 5.75 Å². The predicted octanol–water partition coefficient (Wildman–Crippen LogP) is 0.386. The number of hydrogen-bond donors (Lipinski definition) is 0. The van der Waals surface area contributed by atoms with E-state index in [1.165, 1.54) is 0 Å². The van der Waals surface area contributed by atoms with E-state index >= 15 is 0 Å². The standard InChI is InChI=1S/C9H16N2O2S/c1-4-8(12)11-6-14-5-7(11)9(13)10(2)3/h7H,4-6H2,1-3H3. The van der Waals surface area contributed by atoms with E-state index in [9.17, 15) is 9.59 Å². The molecule has 2 amide bonds. The first-order valence-corrected chi connectivity index (χ1v) is 5.81. The van der Waals surface area contributed by atoms with Gasteiger partial charge in [0.05, 0.1) is 5.88 Å². The van der Waals surface area contributed by atoms with Crippen LogP contribution >= 0.6 is 11.8 Å². The number of likely N-dealkylation sites (N-methyl/N-ethyl adjacent to an activating group) is 1. The normalized spacial score (nSPS) is 21.1. The number of hydrogen-bond acceptors (Lipinski definition) is 3. The Morgan fingerprint density at radius 1 is 1.50 bits per heavy atom. The van der Waals surface area contributed by atoms with Crippen molar-refractivity contribution in [3.63, 3.8) is 0 Å². The van der Waals surface area contributed by atoms with Crippen LogP contribution in [0, 0.1) is 0 Å². The van der Waals surface area contributed by atoms with Gasteiger partial charge in [-0.3, -0.25) is 9.59 Å². The molecule has 1 unspecified atom stereocenters. The molecule has 1 aliphatic heterocycles. The first-order chi connectivity index (χ1) is 6.57. The Bertz CT molecular complexity index is 243. The summed E-state index contributed by atoms with van der Waals surface area (Å²) in [6.45, 7) is 1.82. The lowest BCUT2D eigenvalue weighted by Crippen LogP contribution is -2.46. The lowest BCUT2D eigenvalue weighted by Gasteiger charge is -2.24. The zero-order valence-corrected chi connectivity index (χ0v) is 9.63. The van der Waals surface area contributed by atoms with E-state index < -0.39 is 0 Å². The minimum atomic E-state index is -0.248. The van der Waals surface area contributed by atoms with Gasteiger partial charge in [-0.15, -0.1) is 11.8 Å². The maximum Gasteiger partial charge on any atom is 0.245 e. The highest BCUT2D eigenvalue weighted by molar-refractivity contribution is 7.99. The van der Waals surface area contributed by atoms with Crippen LogP contribution in [0.5, 0.6) is 0 Å². The summed E-state index contributed by atoms with van der Waals surface area (Å²) in [5.74, 6) is 1.46. The molecule has 0 radical (unpaired) electrons. The fourth-order valence-corrected chi connectivity index (χ4v) is 2.57. The molecule has 0 spiro atoms. The number of thioether (sulfide) groups is 1. The van der Waals surface area contributed by atoms with Crippen LogP contribution in [-0.2, 0) is 9.59 Å². The second-order valence-electron chi connectivity index (χ2n) is 3.47. The Balaban J connectivity index is 2.68. The van der Waals surface area contributed by atoms with Crippen molar-refractivity contribution in [1.82, 2.24) is 9.80 Å². The van der Waals surface area contributed by atoms with E-state index in [1.54, 1.807) is 35.7 Å². The SMILES string of the molecule is CCC(=O)N1CSCC1C(=O)N(C)C. The average molecular weight is 216 g/mol. The van der Waals surface area contributed by atoms with E-state index in [0.29, 0.717) is 12.3 Å². The smallest absolute Gasteiger partial charge is 0.245 e. The van der Waals surface area contributed by atoms with Gasteiger partial charge in [-0.2, -0.15) is 0 Å². The summed E-state index contributed by atoms with van der Waals surface area (Å²) in [4.78, 5) is 26.4. The maximum absolute atomic E-state index is 11.7. The van der Waals surface area contributed by atoms with E-state index in [1.807, 2.05) is 6.92 Å². The van der Waals surface area contributed by atoms with E-state index in [4.69, 9.17) is 0 Å². The zero-order valence-electron chi connectivity index (χ0n) is 8.82. The van der Waals surface area contributed by atoms with Gasteiger partial charge >= 0.3 is 0 Å². The lowest BCUT2D eigenvalue weighted by atomic mass is 10.2. The van der Waals surface area contributed by atoms with Gasteiger partial charge in [0.15, 0.2) is 0 Å². The summed E-state index contributed by atoms with van der Waals surface area (Å²) < 4.78 is 0. The molecule has 0 saturated carbocycles. The monoisotopic (exact) mass is 216 g/mol. The molecular formula is C9H16N2O2S. The molecule has 1 aliphatic rings. The van der Waals surface area contributed by atoms with Gasteiger partial charge in [-0.05, 0) is 0 Å². The van der Waals surface area contributed by atoms with Crippen LogP contribution < -0.4 is 0 Å². The molecule has 1 saturated heterocycles.